The van der Waals surface area contributed by atoms with Gasteiger partial charge in [-0.05, 0) is 36.4 Å². The number of benzene rings is 2. The summed E-state index contributed by atoms with van der Waals surface area (Å²) in [5.74, 6) is -0.444. The Hall–Kier alpha value is -2.75. The van der Waals surface area contributed by atoms with Crippen LogP contribution in [0.4, 0.5) is 26.2 Å². The maximum Gasteiger partial charge on any atom is 0.328 e. The van der Waals surface area contributed by atoms with E-state index >= 15 is 0 Å². The van der Waals surface area contributed by atoms with Gasteiger partial charge in [-0.15, -0.1) is 0 Å². The van der Waals surface area contributed by atoms with Gasteiger partial charge in [0.05, 0.1) is 13.2 Å². The lowest BCUT2D eigenvalue weighted by atomic mass is 9.92. The summed E-state index contributed by atoms with van der Waals surface area (Å²) in [4.78, 5) is 29.4. The molecule has 2 heterocycles. The Morgan fingerprint density at radius 1 is 1.14 bits per heavy atom. The number of hydrogen-bond donors (Lipinski definition) is 3. The molecule has 0 bridgehead atoms. The van der Waals surface area contributed by atoms with Crippen LogP contribution >= 0.6 is 23.2 Å². The molecule has 2 aromatic carbocycles. The average molecular weight is 524 g/mol. The Balaban J connectivity index is 1.40. The summed E-state index contributed by atoms with van der Waals surface area (Å²) in [6, 6.07) is 9.23. The summed E-state index contributed by atoms with van der Waals surface area (Å²) in [6.07, 6.45) is 0.266. The number of hydrogen-bond acceptors (Lipinski definition) is 6. The number of amides is 2. The average Bonchev–Trinajstić information content (AvgIpc) is 2.84. The molecule has 0 aliphatic carbocycles. The van der Waals surface area contributed by atoms with E-state index in [0.717, 1.165) is 31.9 Å². The molecule has 1 saturated heterocycles. The highest BCUT2D eigenvalue weighted by molar-refractivity contribution is 6.35. The van der Waals surface area contributed by atoms with Gasteiger partial charge in [0.25, 0.3) is 0 Å². The molecule has 2 amide bonds. The largest absolute Gasteiger partial charge is 0.467 e. The van der Waals surface area contributed by atoms with E-state index in [0.29, 0.717) is 33.5 Å². The van der Waals surface area contributed by atoms with Crippen LogP contribution in [0.3, 0.4) is 0 Å². The van der Waals surface area contributed by atoms with Crippen molar-refractivity contribution in [3.05, 3.63) is 52.0 Å². The molecule has 35 heavy (non-hydrogen) atoms. The number of ether oxygens (including phenoxy) is 1. The van der Waals surface area contributed by atoms with Crippen LogP contribution in [-0.4, -0.2) is 69.5 Å². The Bertz CT molecular complexity index is 1060. The van der Waals surface area contributed by atoms with Crippen molar-refractivity contribution < 1.29 is 18.7 Å². The molecule has 0 saturated carbocycles. The van der Waals surface area contributed by atoms with Crippen LogP contribution < -0.4 is 20.9 Å². The zero-order chi connectivity index (χ0) is 24.9. The van der Waals surface area contributed by atoms with Gasteiger partial charge in [0, 0.05) is 71.8 Å². The molecular weight excluding hydrogens is 496 g/mol. The molecule has 0 unspecified atom stereocenters. The summed E-state index contributed by atoms with van der Waals surface area (Å²) in [7, 11) is 1.31. The fourth-order valence-electron chi connectivity index (χ4n) is 4.52. The highest BCUT2D eigenvalue weighted by atomic mass is 35.5. The van der Waals surface area contributed by atoms with Gasteiger partial charge in [-0.3, -0.25) is 4.90 Å². The standard InChI is InChI=1S/C24H28Cl2FN5O3/c1-35-23(33)21-14-20(22-18(26)12-15(25)13-19(22)29-21)30-24(34)28-16-2-4-17(5-3-16)32-10-8-31(7-6-27)9-11-32/h2-5,12-13,20-21,29H,6-11,14H2,1H3,(H2,28,30,34)/t20-,21+/m0/s1. The minimum Gasteiger partial charge on any atom is -0.467 e. The van der Waals surface area contributed by atoms with Crippen LogP contribution in [0.1, 0.15) is 18.0 Å². The van der Waals surface area contributed by atoms with Crippen LogP contribution in [0, 0.1) is 0 Å². The fraction of sp³-hybridized carbons (Fsp3) is 0.417. The van der Waals surface area contributed by atoms with E-state index in [1.54, 1.807) is 12.1 Å². The maximum absolute atomic E-state index is 12.8. The number of halogens is 3. The number of piperazine rings is 1. The lowest BCUT2D eigenvalue weighted by molar-refractivity contribution is -0.141. The summed E-state index contributed by atoms with van der Waals surface area (Å²) in [5.41, 5.74) is 2.91. The number of nitrogens with zero attached hydrogens (tertiary/aromatic N) is 2. The molecule has 0 spiro atoms. The number of anilines is 3. The predicted molar refractivity (Wildman–Crippen MR) is 136 cm³/mol. The van der Waals surface area contributed by atoms with Crippen molar-refractivity contribution in [2.24, 2.45) is 0 Å². The molecule has 8 nitrogen and oxygen atoms in total. The molecule has 1 fully saturated rings. The lowest BCUT2D eigenvalue weighted by Gasteiger charge is -2.35. The first-order chi connectivity index (χ1) is 16.9. The summed E-state index contributed by atoms with van der Waals surface area (Å²) in [5, 5.41) is 9.65. The molecule has 2 aliphatic heterocycles. The Kier molecular flexibility index (Phi) is 8.20. The van der Waals surface area contributed by atoms with Crippen molar-refractivity contribution in [3.8, 4) is 0 Å². The molecule has 188 valence electrons. The van der Waals surface area contributed by atoms with Gasteiger partial charge in [-0.1, -0.05) is 23.2 Å². The van der Waals surface area contributed by atoms with Crippen molar-refractivity contribution in [3.63, 3.8) is 0 Å². The number of fused-ring (bicyclic) bond motifs is 1. The summed E-state index contributed by atoms with van der Waals surface area (Å²) in [6.45, 7) is 3.46. The number of carbonyl (C=O) groups excluding carboxylic acids is 2. The van der Waals surface area contributed by atoms with Crippen molar-refractivity contribution in [1.29, 1.82) is 0 Å². The van der Waals surface area contributed by atoms with E-state index in [1.165, 1.54) is 7.11 Å². The van der Waals surface area contributed by atoms with E-state index in [1.807, 2.05) is 24.3 Å². The number of esters is 1. The SMILES string of the molecule is COC(=O)[C@H]1C[C@H](NC(=O)Nc2ccc(N3CCN(CCF)CC3)cc2)c2c(Cl)cc(Cl)cc2N1. The Labute approximate surface area is 213 Å². The molecule has 3 N–H and O–H groups in total. The second-order valence-electron chi connectivity index (χ2n) is 8.52. The Morgan fingerprint density at radius 3 is 2.51 bits per heavy atom. The fourth-order valence-corrected chi connectivity index (χ4v) is 5.14. The quantitative estimate of drug-likeness (QED) is 0.489. The number of urea groups is 1. The molecule has 2 atom stereocenters. The van der Waals surface area contributed by atoms with Crippen LogP contribution in [-0.2, 0) is 9.53 Å². The lowest BCUT2D eigenvalue weighted by Crippen LogP contribution is -2.47. The van der Waals surface area contributed by atoms with Gasteiger partial charge in [0.1, 0.15) is 12.7 Å². The minimum absolute atomic E-state index is 0.266. The molecule has 4 rings (SSSR count). The predicted octanol–water partition coefficient (Wildman–Crippen LogP) is 4.30. The first-order valence-electron chi connectivity index (χ1n) is 11.4. The number of nitrogens with one attached hydrogen (secondary N) is 3. The monoisotopic (exact) mass is 523 g/mol. The first-order valence-corrected chi connectivity index (χ1v) is 12.2. The van der Waals surface area contributed by atoms with E-state index in [9.17, 15) is 14.0 Å². The van der Waals surface area contributed by atoms with Gasteiger partial charge >= 0.3 is 12.0 Å². The van der Waals surface area contributed by atoms with Crippen LogP contribution in [0.5, 0.6) is 0 Å². The third-order valence-corrected chi connectivity index (χ3v) is 6.83. The second kappa shape index (κ2) is 11.3. The zero-order valence-corrected chi connectivity index (χ0v) is 20.8. The normalized spacial score (nSPS) is 19.9. The third kappa shape index (κ3) is 6.09. The first kappa shape index (κ1) is 25.3. The number of methoxy groups -OCH3 is 1. The van der Waals surface area contributed by atoms with Crippen molar-refractivity contribution in [1.82, 2.24) is 10.2 Å². The van der Waals surface area contributed by atoms with Crippen molar-refractivity contribution >= 4 is 52.3 Å². The van der Waals surface area contributed by atoms with Crippen LogP contribution in [0.2, 0.25) is 10.0 Å². The van der Waals surface area contributed by atoms with Gasteiger partial charge in [0.2, 0.25) is 0 Å². The number of alkyl halides is 1. The molecule has 2 aliphatic rings. The summed E-state index contributed by atoms with van der Waals surface area (Å²) < 4.78 is 17.4. The van der Waals surface area contributed by atoms with Gasteiger partial charge in [-0.2, -0.15) is 0 Å². The third-order valence-electron chi connectivity index (χ3n) is 6.30. The van der Waals surface area contributed by atoms with Crippen LogP contribution in [0.15, 0.2) is 36.4 Å². The van der Waals surface area contributed by atoms with Crippen molar-refractivity contribution in [2.75, 3.05) is 62.0 Å². The van der Waals surface area contributed by atoms with Gasteiger partial charge in [0.15, 0.2) is 0 Å². The van der Waals surface area contributed by atoms with E-state index in [2.05, 4.69) is 25.8 Å². The zero-order valence-electron chi connectivity index (χ0n) is 19.3. The molecule has 2 aromatic rings. The smallest absolute Gasteiger partial charge is 0.328 e. The van der Waals surface area contributed by atoms with Crippen LogP contribution in [0.25, 0.3) is 0 Å². The molecular formula is C24H28Cl2FN5O3. The molecule has 0 aromatic heterocycles. The van der Waals surface area contributed by atoms with E-state index < -0.39 is 24.1 Å². The van der Waals surface area contributed by atoms with Gasteiger partial charge < -0.3 is 25.6 Å². The van der Waals surface area contributed by atoms with E-state index in [-0.39, 0.29) is 13.1 Å². The van der Waals surface area contributed by atoms with Gasteiger partial charge in [-0.25, -0.2) is 14.0 Å². The molecule has 0 radical (unpaired) electrons. The highest BCUT2D eigenvalue weighted by Gasteiger charge is 2.34. The maximum atomic E-state index is 12.8. The van der Waals surface area contributed by atoms with E-state index in [4.69, 9.17) is 27.9 Å². The number of rotatable bonds is 6. The highest BCUT2D eigenvalue weighted by Crippen LogP contribution is 2.40. The summed E-state index contributed by atoms with van der Waals surface area (Å²) >= 11 is 12.6. The number of carbonyl (C=O) groups is 2. The Morgan fingerprint density at radius 2 is 1.86 bits per heavy atom. The molecule has 11 heteroatoms. The minimum atomic E-state index is -0.656. The van der Waals surface area contributed by atoms with Crippen molar-refractivity contribution in [2.45, 2.75) is 18.5 Å². The second-order valence-corrected chi connectivity index (χ2v) is 9.36. The topological polar surface area (TPSA) is 85.9 Å².